The monoisotopic (exact) mass is 412 g/mol. The second-order valence-corrected chi connectivity index (χ2v) is 8.71. The Hall–Kier alpha value is -0.990. The summed E-state index contributed by atoms with van der Waals surface area (Å²) in [4.78, 5) is 33.1. The van der Waals surface area contributed by atoms with Crippen LogP contribution in [0, 0.1) is 0 Å². The fourth-order valence-corrected chi connectivity index (χ4v) is 2.53. The van der Waals surface area contributed by atoms with Crippen LogP contribution in [0.5, 0.6) is 0 Å². The van der Waals surface area contributed by atoms with Gasteiger partial charge in [0.1, 0.15) is 19.8 Å². The van der Waals surface area contributed by atoms with E-state index in [4.69, 9.17) is 18.5 Å². The van der Waals surface area contributed by atoms with Crippen LogP contribution in [0.4, 0.5) is 0 Å². The fourth-order valence-electron chi connectivity index (χ4n) is 1.79. The second kappa shape index (κ2) is 13.2. The number of likely N-dealkylation sites (N-methyl/N-ethyl adjacent to an activating group) is 1. The largest absolute Gasteiger partial charge is 0.472 e. The number of esters is 2. The molecule has 10 heteroatoms. The molecule has 0 aromatic heterocycles. The molecule has 0 spiro atoms. The van der Waals surface area contributed by atoms with Crippen LogP contribution in [0.3, 0.4) is 0 Å². The zero-order chi connectivity index (χ0) is 20.9. The Kier molecular flexibility index (Phi) is 12.7. The van der Waals surface area contributed by atoms with Crippen molar-refractivity contribution in [1.29, 1.82) is 0 Å². The Bertz CT molecular complexity index is 492. The van der Waals surface area contributed by atoms with E-state index in [9.17, 15) is 19.0 Å². The second-order valence-electron chi connectivity index (χ2n) is 7.26. The minimum Gasteiger partial charge on any atom is -0.462 e. The Balaban J connectivity index is 4.59. The van der Waals surface area contributed by atoms with Gasteiger partial charge in [0.05, 0.1) is 27.7 Å². The van der Waals surface area contributed by atoms with Gasteiger partial charge in [-0.25, -0.2) is 4.57 Å². The number of hydrogen-bond donors (Lipinski definition) is 1. The van der Waals surface area contributed by atoms with Gasteiger partial charge in [-0.05, 0) is 12.8 Å². The normalized spacial score (nSPS) is 15.0. The van der Waals surface area contributed by atoms with Crippen molar-refractivity contribution in [3.8, 4) is 0 Å². The van der Waals surface area contributed by atoms with E-state index in [1.807, 2.05) is 35.0 Å². The van der Waals surface area contributed by atoms with Crippen LogP contribution in [0.2, 0.25) is 0 Å². The van der Waals surface area contributed by atoms with Crippen LogP contribution >= 0.6 is 7.82 Å². The molecule has 0 aliphatic heterocycles. The molecule has 0 saturated carbocycles. The number of quaternary nitrogens is 1. The SMILES string of the molecule is CCCCC(=O)O[C@@H](COC(=O)CCC)COP(=O)(O)OCC[N+](C)(C)C. The quantitative estimate of drug-likeness (QED) is 0.248. The lowest BCUT2D eigenvalue weighted by molar-refractivity contribution is -0.870. The van der Waals surface area contributed by atoms with Crippen LogP contribution in [-0.4, -0.2) is 74.9 Å². The Morgan fingerprint density at radius 1 is 1.00 bits per heavy atom. The average Bonchev–Trinajstić information content (AvgIpc) is 2.54. The zero-order valence-corrected chi connectivity index (χ0v) is 18.0. The molecule has 0 saturated heterocycles. The highest BCUT2D eigenvalue weighted by atomic mass is 31.2. The first-order valence-electron chi connectivity index (χ1n) is 9.26. The average molecular weight is 412 g/mol. The number of carbonyl (C=O) groups excluding carboxylic acids is 2. The molecule has 1 N–H and O–H groups in total. The topological polar surface area (TPSA) is 108 Å². The third kappa shape index (κ3) is 15.7. The van der Waals surface area contributed by atoms with E-state index in [1.165, 1.54) is 0 Å². The zero-order valence-electron chi connectivity index (χ0n) is 17.1. The lowest BCUT2D eigenvalue weighted by Gasteiger charge is -2.24. The van der Waals surface area contributed by atoms with E-state index in [0.717, 1.165) is 6.42 Å². The van der Waals surface area contributed by atoms with Crippen molar-refractivity contribution in [3.63, 3.8) is 0 Å². The highest BCUT2D eigenvalue weighted by molar-refractivity contribution is 7.47. The minimum absolute atomic E-state index is 0.0315. The summed E-state index contributed by atoms with van der Waals surface area (Å²) in [7, 11) is 1.46. The highest BCUT2D eigenvalue weighted by Gasteiger charge is 2.26. The number of phosphoric ester groups is 1. The molecule has 0 aliphatic rings. The number of unbranched alkanes of at least 4 members (excludes halogenated alkanes) is 1. The van der Waals surface area contributed by atoms with Gasteiger partial charge in [-0.3, -0.25) is 18.6 Å². The van der Waals surface area contributed by atoms with Gasteiger partial charge < -0.3 is 18.9 Å². The first-order chi connectivity index (χ1) is 12.5. The van der Waals surface area contributed by atoms with Gasteiger partial charge in [-0.2, -0.15) is 0 Å². The molecule has 0 heterocycles. The smallest absolute Gasteiger partial charge is 0.462 e. The molecule has 9 nitrogen and oxygen atoms in total. The summed E-state index contributed by atoms with van der Waals surface area (Å²) < 4.78 is 32.6. The summed E-state index contributed by atoms with van der Waals surface area (Å²) in [6, 6.07) is 0. The molecule has 0 aliphatic carbocycles. The maximum Gasteiger partial charge on any atom is 0.472 e. The summed E-state index contributed by atoms with van der Waals surface area (Å²) in [6.07, 6.45) is 1.60. The molecule has 0 bridgehead atoms. The van der Waals surface area contributed by atoms with E-state index in [-0.39, 0.29) is 26.1 Å². The number of carbonyl (C=O) groups is 2. The van der Waals surface area contributed by atoms with Crippen LogP contribution in [0.15, 0.2) is 0 Å². The molecule has 27 heavy (non-hydrogen) atoms. The lowest BCUT2D eigenvalue weighted by Crippen LogP contribution is -2.37. The summed E-state index contributed by atoms with van der Waals surface area (Å²) >= 11 is 0. The van der Waals surface area contributed by atoms with Crippen LogP contribution in [0.1, 0.15) is 46.0 Å². The Labute approximate surface area is 162 Å². The molecule has 160 valence electrons. The van der Waals surface area contributed by atoms with Gasteiger partial charge in [0.15, 0.2) is 6.10 Å². The number of ether oxygens (including phenoxy) is 2. The van der Waals surface area contributed by atoms with Crippen molar-refractivity contribution in [3.05, 3.63) is 0 Å². The van der Waals surface area contributed by atoms with Crippen molar-refractivity contribution in [1.82, 2.24) is 0 Å². The number of rotatable bonds is 15. The summed E-state index contributed by atoms with van der Waals surface area (Å²) in [5.41, 5.74) is 0. The predicted octanol–water partition coefficient (Wildman–Crippen LogP) is 2.27. The third-order valence-corrected chi connectivity index (χ3v) is 4.34. The van der Waals surface area contributed by atoms with Gasteiger partial charge >= 0.3 is 19.8 Å². The number of phosphoric acid groups is 1. The van der Waals surface area contributed by atoms with Gasteiger partial charge in [-0.1, -0.05) is 20.3 Å². The predicted molar refractivity (Wildman–Crippen MR) is 99.9 cm³/mol. The van der Waals surface area contributed by atoms with Crippen molar-refractivity contribution in [2.24, 2.45) is 0 Å². The van der Waals surface area contributed by atoms with Crippen molar-refractivity contribution >= 4 is 19.8 Å². The molecule has 1 unspecified atom stereocenters. The lowest BCUT2D eigenvalue weighted by atomic mass is 10.2. The Morgan fingerprint density at radius 3 is 2.22 bits per heavy atom. The van der Waals surface area contributed by atoms with Crippen LogP contribution in [0.25, 0.3) is 0 Å². The van der Waals surface area contributed by atoms with Crippen molar-refractivity contribution in [2.75, 3.05) is 47.5 Å². The van der Waals surface area contributed by atoms with Crippen LogP contribution in [-0.2, 0) is 32.7 Å². The van der Waals surface area contributed by atoms with Gasteiger partial charge in [0, 0.05) is 12.8 Å². The van der Waals surface area contributed by atoms with Crippen LogP contribution < -0.4 is 0 Å². The van der Waals surface area contributed by atoms with E-state index in [2.05, 4.69) is 0 Å². The van der Waals surface area contributed by atoms with E-state index in [1.54, 1.807) is 0 Å². The van der Waals surface area contributed by atoms with Gasteiger partial charge in [0.25, 0.3) is 0 Å². The maximum absolute atomic E-state index is 12.0. The molecule has 0 amide bonds. The molecule has 0 fully saturated rings. The Morgan fingerprint density at radius 2 is 1.67 bits per heavy atom. The summed E-state index contributed by atoms with van der Waals surface area (Å²) in [6.45, 7) is 3.67. The molecular formula is C17H35NO8P+. The van der Waals surface area contributed by atoms with E-state index in [0.29, 0.717) is 23.9 Å². The molecule has 0 aromatic carbocycles. The van der Waals surface area contributed by atoms with Crippen molar-refractivity contribution in [2.45, 2.75) is 52.1 Å². The fraction of sp³-hybridized carbons (Fsp3) is 0.882. The maximum atomic E-state index is 12.0. The molecule has 0 radical (unpaired) electrons. The molecular weight excluding hydrogens is 377 g/mol. The van der Waals surface area contributed by atoms with Crippen molar-refractivity contribution < 1.29 is 42.1 Å². The first kappa shape index (κ1) is 26.0. The summed E-state index contributed by atoms with van der Waals surface area (Å²) in [5.74, 6) is -0.908. The van der Waals surface area contributed by atoms with Gasteiger partial charge in [-0.15, -0.1) is 0 Å². The number of hydrogen-bond acceptors (Lipinski definition) is 7. The van der Waals surface area contributed by atoms with Gasteiger partial charge in [0.2, 0.25) is 0 Å². The standard InChI is InChI=1S/C17H34NO8P/c1-6-8-10-17(20)26-15(13-23-16(19)9-7-2)14-25-27(21,22)24-12-11-18(3,4)5/h15H,6-14H2,1-5H3/p+1/t15-/m0/s1. The minimum atomic E-state index is -4.30. The number of nitrogens with zero attached hydrogens (tertiary/aromatic N) is 1. The molecule has 0 aromatic rings. The third-order valence-electron chi connectivity index (χ3n) is 3.36. The molecule has 0 rings (SSSR count). The first-order valence-corrected chi connectivity index (χ1v) is 10.8. The molecule has 2 atom stereocenters. The van der Waals surface area contributed by atoms with E-state index < -0.39 is 32.5 Å². The summed E-state index contributed by atoms with van der Waals surface area (Å²) in [5, 5.41) is 0. The van der Waals surface area contributed by atoms with E-state index >= 15 is 0 Å². The highest BCUT2D eigenvalue weighted by Crippen LogP contribution is 2.43.